The summed E-state index contributed by atoms with van der Waals surface area (Å²) in [5.41, 5.74) is 8.30. The van der Waals surface area contributed by atoms with Crippen molar-refractivity contribution in [3.63, 3.8) is 0 Å². The van der Waals surface area contributed by atoms with Crippen molar-refractivity contribution < 1.29 is 13.2 Å². The molecule has 1 unspecified atom stereocenters. The molecule has 1 aliphatic rings. The van der Waals surface area contributed by atoms with E-state index in [2.05, 4.69) is 36.5 Å². The molecule has 0 saturated heterocycles. The van der Waals surface area contributed by atoms with Crippen molar-refractivity contribution in [2.45, 2.75) is 50.5 Å². The third kappa shape index (κ3) is 6.28. The molecule has 5 nitrogen and oxygen atoms in total. The van der Waals surface area contributed by atoms with Crippen LogP contribution < -0.4 is 11.1 Å². The van der Waals surface area contributed by atoms with Gasteiger partial charge in [0.05, 0.1) is 11.8 Å². The van der Waals surface area contributed by atoms with Crippen LogP contribution in [-0.4, -0.2) is 38.9 Å². The van der Waals surface area contributed by atoms with Gasteiger partial charge in [0, 0.05) is 18.2 Å². The van der Waals surface area contributed by atoms with Gasteiger partial charge in [-0.1, -0.05) is 42.7 Å². The number of nitrogens with one attached hydrogen (secondary N) is 1. The highest BCUT2D eigenvalue weighted by atomic mass is 35.5. The van der Waals surface area contributed by atoms with Gasteiger partial charge < -0.3 is 11.1 Å². The third-order valence-electron chi connectivity index (χ3n) is 4.93. The van der Waals surface area contributed by atoms with Crippen LogP contribution in [0.25, 0.3) is 0 Å². The fourth-order valence-electron chi connectivity index (χ4n) is 3.45. The van der Waals surface area contributed by atoms with Gasteiger partial charge in [0.25, 0.3) is 0 Å². The summed E-state index contributed by atoms with van der Waals surface area (Å²) in [6.07, 6.45) is 5.73. The standard InChI is InChI=1S/C18H28N2O3S.ClH/c1-14-6-5-7-15(12-14)18(9-3-4-10-18)13-20-17(21)16(19)8-11-24(2,22)23;/h5-7,12,16H,3-4,8-11,13,19H2,1-2H3,(H,20,21);1H. The van der Waals surface area contributed by atoms with Crippen molar-refractivity contribution in [1.29, 1.82) is 0 Å². The number of amides is 1. The van der Waals surface area contributed by atoms with Gasteiger partial charge in [-0.25, -0.2) is 8.42 Å². The van der Waals surface area contributed by atoms with E-state index in [1.54, 1.807) is 0 Å². The smallest absolute Gasteiger partial charge is 0.236 e. The Balaban J connectivity index is 0.00000312. The van der Waals surface area contributed by atoms with E-state index >= 15 is 0 Å². The van der Waals surface area contributed by atoms with E-state index in [9.17, 15) is 13.2 Å². The maximum Gasteiger partial charge on any atom is 0.236 e. The zero-order chi connectivity index (χ0) is 17.8. The number of carbonyl (C=O) groups excluding carboxylic acids is 1. The van der Waals surface area contributed by atoms with Crippen LogP contribution in [-0.2, 0) is 20.0 Å². The van der Waals surface area contributed by atoms with Crippen LogP contribution >= 0.6 is 12.4 Å². The molecule has 1 saturated carbocycles. The van der Waals surface area contributed by atoms with E-state index in [-0.39, 0.29) is 35.9 Å². The number of nitrogens with two attached hydrogens (primary N) is 1. The zero-order valence-corrected chi connectivity index (χ0v) is 16.6. The van der Waals surface area contributed by atoms with Crippen molar-refractivity contribution in [3.05, 3.63) is 35.4 Å². The van der Waals surface area contributed by atoms with Gasteiger partial charge in [0.15, 0.2) is 0 Å². The maximum atomic E-state index is 12.2. The molecule has 0 bridgehead atoms. The number of sulfone groups is 1. The minimum atomic E-state index is -3.10. The molecule has 7 heteroatoms. The Hall–Kier alpha value is -1.11. The van der Waals surface area contributed by atoms with Crippen LogP contribution in [0, 0.1) is 6.92 Å². The number of hydrogen-bond donors (Lipinski definition) is 2. The van der Waals surface area contributed by atoms with Crippen LogP contribution in [0.5, 0.6) is 0 Å². The molecule has 142 valence electrons. The molecule has 1 amide bonds. The average molecular weight is 389 g/mol. The molecule has 0 spiro atoms. The number of hydrogen-bond acceptors (Lipinski definition) is 4. The molecule has 1 aromatic rings. The minimum absolute atomic E-state index is 0. The summed E-state index contributed by atoms with van der Waals surface area (Å²) in [5.74, 6) is -0.331. The zero-order valence-electron chi connectivity index (χ0n) is 15.0. The second-order valence-electron chi connectivity index (χ2n) is 7.10. The van der Waals surface area contributed by atoms with E-state index in [0.717, 1.165) is 31.9 Å². The molecule has 1 aromatic carbocycles. The van der Waals surface area contributed by atoms with Crippen molar-refractivity contribution in [2.75, 3.05) is 18.6 Å². The maximum absolute atomic E-state index is 12.2. The largest absolute Gasteiger partial charge is 0.354 e. The Morgan fingerprint density at radius 1 is 1.32 bits per heavy atom. The summed E-state index contributed by atoms with van der Waals surface area (Å²) in [4.78, 5) is 12.2. The second-order valence-corrected chi connectivity index (χ2v) is 9.36. The van der Waals surface area contributed by atoms with E-state index in [0.29, 0.717) is 6.54 Å². The van der Waals surface area contributed by atoms with Crippen LogP contribution in [0.15, 0.2) is 24.3 Å². The van der Waals surface area contributed by atoms with Gasteiger partial charge in [-0.3, -0.25) is 4.79 Å². The number of benzene rings is 1. The van der Waals surface area contributed by atoms with Gasteiger partial charge in [-0.05, 0) is 31.7 Å². The molecule has 1 aliphatic carbocycles. The molecular formula is C18H29ClN2O3S. The van der Waals surface area contributed by atoms with Gasteiger partial charge >= 0.3 is 0 Å². The highest BCUT2D eigenvalue weighted by molar-refractivity contribution is 7.90. The topological polar surface area (TPSA) is 89.3 Å². The molecule has 0 aliphatic heterocycles. The fourth-order valence-corrected chi connectivity index (χ4v) is 4.14. The predicted octanol–water partition coefficient (Wildman–Crippen LogP) is 2.11. The van der Waals surface area contributed by atoms with Gasteiger partial charge in [0.2, 0.25) is 5.91 Å². The van der Waals surface area contributed by atoms with E-state index < -0.39 is 15.9 Å². The molecule has 2 rings (SSSR count). The Bertz CT molecular complexity index is 685. The monoisotopic (exact) mass is 388 g/mol. The summed E-state index contributed by atoms with van der Waals surface area (Å²) in [6, 6.07) is 7.68. The van der Waals surface area contributed by atoms with E-state index in [4.69, 9.17) is 5.73 Å². The summed E-state index contributed by atoms with van der Waals surface area (Å²) in [7, 11) is -3.10. The Kier molecular flexibility index (Phi) is 7.90. The lowest BCUT2D eigenvalue weighted by Crippen LogP contribution is -2.46. The molecule has 3 N–H and O–H groups in total. The first-order valence-electron chi connectivity index (χ1n) is 8.50. The van der Waals surface area contributed by atoms with Crippen molar-refractivity contribution in [2.24, 2.45) is 5.73 Å². The fraction of sp³-hybridized carbons (Fsp3) is 0.611. The number of carbonyl (C=O) groups is 1. The summed E-state index contributed by atoms with van der Waals surface area (Å²) >= 11 is 0. The molecule has 0 radical (unpaired) electrons. The second kappa shape index (κ2) is 9.01. The SMILES string of the molecule is Cc1cccc(C2(CNC(=O)C(N)CCS(C)(=O)=O)CCCC2)c1.Cl. The van der Waals surface area contributed by atoms with Crippen LogP contribution in [0.4, 0.5) is 0 Å². The van der Waals surface area contributed by atoms with Crippen LogP contribution in [0.2, 0.25) is 0 Å². The molecule has 25 heavy (non-hydrogen) atoms. The van der Waals surface area contributed by atoms with Crippen molar-refractivity contribution >= 4 is 28.2 Å². The van der Waals surface area contributed by atoms with E-state index in [1.165, 1.54) is 11.1 Å². The van der Waals surface area contributed by atoms with Gasteiger partial charge in [-0.2, -0.15) is 0 Å². The van der Waals surface area contributed by atoms with Gasteiger partial charge in [0.1, 0.15) is 9.84 Å². The summed E-state index contributed by atoms with van der Waals surface area (Å²) in [6.45, 7) is 2.63. The highest BCUT2D eigenvalue weighted by Gasteiger charge is 2.36. The van der Waals surface area contributed by atoms with E-state index in [1.807, 2.05) is 0 Å². The van der Waals surface area contributed by atoms with Crippen LogP contribution in [0.3, 0.4) is 0 Å². The predicted molar refractivity (Wildman–Crippen MR) is 104 cm³/mol. The van der Waals surface area contributed by atoms with Crippen molar-refractivity contribution in [1.82, 2.24) is 5.32 Å². The lowest BCUT2D eigenvalue weighted by molar-refractivity contribution is -0.122. The molecule has 1 fully saturated rings. The summed E-state index contributed by atoms with van der Waals surface area (Å²) < 4.78 is 22.4. The third-order valence-corrected chi connectivity index (χ3v) is 5.91. The van der Waals surface area contributed by atoms with Gasteiger partial charge in [-0.15, -0.1) is 12.4 Å². The van der Waals surface area contributed by atoms with Crippen LogP contribution in [0.1, 0.15) is 43.2 Å². The Morgan fingerprint density at radius 3 is 2.52 bits per heavy atom. The first kappa shape index (κ1) is 21.9. The number of halogens is 1. The Labute approximate surface area is 157 Å². The quantitative estimate of drug-likeness (QED) is 0.748. The molecule has 0 aromatic heterocycles. The number of aryl methyl sites for hydroxylation is 1. The first-order chi connectivity index (χ1) is 11.2. The van der Waals surface area contributed by atoms with Crippen molar-refractivity contribution in [3.8, 4) is 0 Å². The minimum Gasteiger partial charge on any atom is -0.354 e. The lowest BCUT2D eigenvalue weighted by atomic mass is 9.78. The normalized spacial score (nSPS) is 17.6. The Morgan fingerprint density at radius 2 is 1.96 bits per heavy atom. The average Bonchev–Trinajstić information content (AvgIpc) is 2.99. The summed E-state index contributed by atoms with van der Waals surface area (Å²) in [5, 5.41) is 2.96. The molecule has 1 atom stereocenters. The highest BCUT2D eigenvalue weighted by Crippen LogP contribution is 2.40. The number of rotatable bonds is 7. The first-order valence-corrected chi connectivity index (χ1v) is 10.6. The molecular weight excluding hydrogens is 360 g/mol. The molecule has 0 heterocycles. The lowest BCUT2D eigenvalue weighted by Gasteiger charge is -2.31.